The van der Waals surface area contributed by atoms with Crippen molar-refractivity contribution < 1.29 is 8.83 Å². The van der Waals surface area contributed by atoms with Crippen LogP contribution >= 0.6 is 0 Å². The number of furan rings is 1. The lowest BCUT2D eigenvalue weighted by molar-refractivity contribution is 0.481. The quantitative estimate of drug-likeness (QED) is 0.703. The van der Waals surface area contributed by atoms with Gasteiger partial charge in [0.15, 0.2) is 5.76 Å². The van der Waals surface area contributed by atoms with Crippen LogP contribution in [0.1, 0.15) is 24.7 Å². The Kier molecular flexibility index (Phi) is 1.30. The van der Waals surface area contributed by atoms with Gasteiger partial charge in [0.1, 0.15) is 0 Å². The van der Waals surface area contributed by atoms with E-state index < -0.39 is 0 Å². The first-order valence-corrected chi connectivity index (χ1v) is 4.31. The van der Waals surface area contributed by atoms with Crippen LogP contribution in [-0.2, 0) is 0 Å². The van der Waals surface area contributed by atoms with Crippen molar-refractivity contribution in [1.82, 2.24) is 10.2 Å². The standard InChI is InChI=1S/C9H8N2O2/c1-2-7(12-5-1)9-11-10-8(13-9)6-3-4-6/h1-2,5-6H,3-4H2. The van der Waals surface area contributed by atoms with Crippen LogP contribution in [0.5, 0.6) is 0 Å². The number of aromatic nitrogens is 2. The van der Waals surface area contributed by atoms with Gasteiger partial charge < -0.3 is 8.83 Å². The summed E-state index contributed by atoms with van der Waals surface area (Å²) >= 11 is 0. The van der Waals surface area contributed by atoms with Crippen molar-refractivity contribution in [2.75, 3.05) is 0 Å². The van der Waals surface area contributed by atoms with Crippen molar-refractivity contribution in [3.05, 3.63) is 24.3 Å². The van der Waals surface area contributed by atoms with Gasteiger partial charge in [-0.3, -0.25) is 0 Å². The van der Waals surface area contributed by atoms with Crippen LogP contribution in [0.2, 0.25) is 0 Å². The third-order valence-corrected chi connectivity index (χ3v) is 2.10. The fraction of sp³-hybridized carbons (Fsp3) is 0.333. The average Bonchev–Trinajstić information content (AvgIpc) is 2.72. The molecule has 1 aliphatic carbocycles. The van der Waals surface area contributed by atoms with E-state index in [1.54, 1.807) is 12.3 Å². The van der Waals surface area contributed by atoms with E-state index in [0.29, 0.717) is 17.6 Å². The zero-order valence-corrected chi connectivity index (χ0v) is 6.93. The van der Waals surface area contributed by atoms with E-state index in [4.69, 9.17) is 8.83 Å². The van der Waals surface area contributed by atoms with Crippen molar-refractivity contribution >= 4 is 0 Å². The first-order chi connectivity index (χ1) is 6.43. The molecule has 0 spiro atoms. The number of hydrogen-bond acceptors (Lipinski definition) is 4. The molecule has 0 aromatic carbocycles. The molecule has 2 heterocycles. The van der Waals surface area contributed by atoms with Crippen molar-refractivity contribution in [3.63, 3.8) is 0 Å². The highest BCUT2D eigenvalue weighted by atomic mass is 16.4. The molecule has 2 aromatic heterocycles. The minimum atomic E-state index is 0.479. The van der Waals surface area contributed by atoms with Gasteiger partial charge in [0.2, 0.25) is 5.89 Å². The monoisotopic (exact) mass is 176 g/mol. The highest BCUT2D eigenvalue weighted by Crippen LogP contribution is 2.39. The van der Waals surface area contributed by atoms with E-state index in [1.165, 1.54) is 12.8 Å². The summed E-state index contributed by atoms with van der Waals surface area (Å²) in [5, 5.41) is 7.87. The Morgan fingerprint density at radius 1 is 1.31 bits per heavy atom. The molecule has 1 saturated carbocycles. The molecule has 1 aliphatic rings. The summed E-state index contributed by atoms with van der Waals surface area (Å²) in [5.74, 6) is 2.36. The molecule has 1 fully saturated rings. The summed E-state index contributed by atoms with van der Waals surface area (Å²) in [6.45, 7) is 0. The minimum Gasteiger partial charge on any atom is -0.459 e. The molecule has 0 bridgehead atoms. The molecule has 4 heteroatoms. The van der Waals surface area contributed by atoms with Gasteiger partial charge in [-0.1, -0.05) is 0 Å². The maximum atomic E-state index is 5.44. The van der Waals surface area contributed by atoms with Gasteiger partial charge in [0, 0.05) is 5.92 Å². The van der Waals surface area contributed by atoms with Crippen LogP contribution in [0.15, 0.2) is 27.2 Å². The molecule has 66 valence electrons. The smallest absolute Gasteiger partial charge is 0.283 e. The van der Waals surface area contributed by atoms with Gasteiger partial charge in [-0.15, -0.1) is 10.2 Å². The zero-order chi connectivity index (χ0) is 8.67. The Balaban J connectivity index is 1.97. The third-order valence-electron chi connectivity index (χ3n) is 2.10. The lowest BCUT2D eigenvalue weighted by Gasteiger charge is -1.85. The van der Waals surface area contributed by atoms with Crippen LogP contribution in [0, 0.1) is 0 Å². The Morgan fingerprint density at radius 3 is 2.92 bits per heavy atom. The second-order valence-corrected chi connectivity index (χ2v) is 3.20. The normalized spacial score (nSPS) is 16.3. The van der Waals surface area contributed by atoms with Crippen molar-refractivity contribution in [2.24, 2.45) is 0 Å². The lowest BCUT2D eigenvalue weighted by atomic mass is 10.4. The summed E-state index contributed by atoms with van der Waals surface area (Å²) in [6, 6.07) is 3.61. The Labute approximate surface area is 74.6 Å². The number of hydrogen-bond donors (Lipinski definition) is 0. The summed E-state index contributed by atoms with van der Waals surface area (Å²) < 4.78 is 10.6. The summed E-state index contributed by atoms with van der Waals surface area (Å²) in [7, 11) is 0. The third kappa shape index (κ3) is 1.14. The SMILES string of the molecule is c1coc(-c2nnc(C3CC3)o2)c1. The predicted molar refractivity (Wildman–Crippen MR) is 44.0 cm³/mol. The van der Waals surface area contributed by atoms with Crippen LogP contribution in [0.4, 0.5) is 0 Å². The molecule has 2 aromatic rings. The van der Waals surface area contributed by atoms with E-state index in [-0.39, 0.29) is 0 Å². The number of nitrogens with zero attached hydrogens (tertiary/aromatic N) is 2. The molecular weight excluding hydrogens is 168 g/mol. The topological polar surface area (TPSA) is 52.1 Å². The first kappa shape index (κ1) is 6.88. The van der Waals surface area contributed by atoms with Gasteiger partial charge >= 0.3 is 0 Å². The Morgan fingerprint density at radius 2 is 2.23 bits per heavy atom. The average molecular weight is 176 g/mol. The number of rotatable bonds is 2. The first-order valence-electron chi connectivity index (χ1n) is 4.31. The molecule has 3 rings (SSSR count). The van der Waals surface area contributed by atoms with E-state index in [0.717, 1.165) is 5.89 Å². The molecule has 0 saturated heterocycles. The molecule has 0 N–H and O–H groups in total. The molecule has 4 nitrogen and oxygen atoms in total. The van der Waals surface area contributed by atoms with E-state index in [1.807, 2.05) is 6.07 Å². The second-order valence-electron chi connectivity index (χ2n) is 3.20. The maximum Gasteiger partial charge on any atom is 0.283 e. The van der Waals surface area contributed by atoms with Gasteiger partial charge in [-0.2, -0.15) is 0 Å². The molecule has 0 amide bonds. The van der Waals surface area contributed by atoms with Crippen molar-refractivity contribution in [2.45, 2.75) is 18.8 Å². The van der Waals surface area contributed by atoms with Gasteiger partial charge in [-0.05, 0) is 25.0 Å². The fourth-order valence-electron chi connectivity index (χ4n) is 1.23. The predicted octanol–water partition coefficient (Wildman–Crippen LogP) is 2.21. The zero-order valence-electron chi connectivity index (χ0n) is 6.93. The van der Waals surface area contributed by atoms with E-state index in [9.17, 15) is 0 Å². The molecule has 0 radical (unpaired) electrons. The summed E-state index contributed by atoms with van der Waals surface area (Å²) in [5.41, 5.74) is 0. The molecule has 0 unspecified atom stereocenters. The van der Waals surface area contributed by atoms with Crippen LogP contribution in [0.3, 0.4) is 0 Å². The molecule has 0 atom stereocenters. The maximum absolute atomic E-state index is 5.44. The van der Waals surface area contributed by atoms with Crippen LogP contribution < -0.4 is 0 Å². The lowest BCUT2D eigenvalue weighted by Crippen LogP contribution is -1.76. The Hall–Kier alpha value is -1.58. The molecular formula is C9H8N2O2. The summed E-state index contributed by atoms with van der Waals surface area (Å²) in [4.78, 5) is 0. The minimum absolute atomic E-state index is 0.479. The van der Waals surface area contributed by atoms with Crippen LogP contribution in [0.25, 0.3) is 11.7 Å². The second kappa shape index (κ2) is 2.45. The van der Waals surface area contributed by atoms with Gasteiger partial charge in [-0.25, -0.2) is 0 Å². The van der Waals surface area contributed by atoms with Crippen molar-refractivity contribution in [1.29, 1.82) is 0 Å². The van der Waals surface area contributed by atoms with Crippen LogP contribution in [-0.4, -0.2) is 10.2 Å². The van der Waals surface area contributed by atoms with Gasteiger partial charge in [0.25, 0.3) is 5.89 Å². The van der Waals surface area contributed by atoms with E-state index >= 15 is 0 Å². The van der Waals surface area contributed by atoms with Crippen molar-refractivity contribution in [3.8, 4) is 11.7 Å². The summed E-state index contributed by atoms with van der Waals surface area (Å²) in [6.07, 6.45) is 3.93. The molecule has 13 heavy (non-hydrogen) atoms. The highest BCUT2D eigenvalue weighted by Gasteiger charge is 2.29. The molecule has 0 aliphatic heterocycles. The van der Waals surface area contributed by atoms with E-state index in [2.05, 4.69) is 10.2 Å². The fourth-order valence-corrected chi connectivity index (χ4v) is 1.23. The Bertz CT molecular complexity index is 401. The highest BCUT2D eigenvalue weighted by molar-refractivity contribution is 5.42. The largest absolute Gasteiger partial charge is 0.459 e. The van der Waals surface area contributed by atoms with Gasteiger partial charge in [0.05, 0.1) is 6.26 Å².